The van der Waals surface area contributed by atoms with E-state index < -0.39 is 0 Å². The second-order valence-corrected chi connectivity index (χ2v) is 3.72. The lowest BCUT2D eigenvalue weighted by atomic mass is 10.3. The molecule has 1 aliphatic heterocycles. The monoisotopic (exact) mass is 207 g/mol. The van der Waals surface area contributed by atoms with Crippen LogP contribution in [0.25, 0.3) is 5.70 Å². The molecule has 0 amide bonds. The molecule has 0 aromatic carbocycles. The van der Waals surface area contributed by atoms with Crippen molar-refractivity contribution in [2.75, 3.05) is 25.0 Å². The van der Waals surface area contributed by atoms with Crippen LogP contribution in [0, 0.1) is 0 Å². The van der Waals surface area contributed by atoms with E-state index >= 15 is 0 Å². The molecule has 0 unspecified atom stereocenters. The molecule has 0 atom stereocenters. The van der Waals surface area contributed by atoms with Gasteiger partial charge in [-0.15, -0.1) is 0 Å². The highest BCUT2D eigenvalue weighted by molar-refractivity contribution is 5.59. The predicted octanol–water partition coefficient (Wildman–Crippen LogP) is 1.36. The van der Waals surface area contributed by atoms with Crippen LogP contribution in [0.3, 0.4) is 0 Å². The van der Waals surface area contributed by atoms with E-state index in [9.17, 15) is 0 Å². The Kier molecular flexibility index (Phi) is 2.85. The number of nitrogens with two attached hydrogens (primary N) is 1. The lowest BCUT2D eigenvalue weighted by molar-refractivity contribution is 0.543. The molecule has 0 bridgehead atoms. The second-order valence-electron chi connectivity index (χ2n) is 3.72. The lowest BCUT2D eigenvalue weighted by Crippen LogP contribution is -2.16. The molecule has 1 aromatic rings. The normalized spacial score (nSPS) is 17.1. The maximum atomic E-state index is 5.80. The molecule has 4 heteroatoms. The SMILES string of the molecule is CN/C=C(\N)c1ccc(N2CCCC2)o1. The van der Waals surface area contributed by atoms with Crippen molar-refractivity contribution in [1.29, 1.82) is 0 Å². The van der Waals surface area contributed by atoms with Crippen LogP contribution >= 0.6 is 0 Å². The Labute approximate surface area is 89.7 Å². The van der Waals surface area contributed by atoms with Crippen LogP contribution in [0.2, 0.25) is 0 Å². The molecule has 82 valence electrons. The van der Waals surface area contributed by atoms with Gasteiger partial charge in [0.2, 0.25) is 0 Å². The fourth-order valence-electron chi connectivity index (χ4n) is 1.82. The van der Waals surface area contributed by atoms with Crippen molar-refractivity contribution in [2.24, 2.45) is 5.73 Å². The maximum absolute atomic E-state index is 5.80. The van der Waals surface area contributed by atoms with E-state index in [1.54, 1.807) is 6.20 Å². The van der Waals surface area contributed by atoms with E-state index in [0.29, 0.717) is 5.70 Å². The Morgan fingerprint density at radius 3 is 2.87 bits per heavy atom. The molecule has 0 saturated carbocycles. The third-order valence-electron chi connectivity index (χ3n) is 2.59. The number of nitrogens with one attached hydrogen (secondary N) is 1. The van der Waals surface area contributed by atoms with Gasteiger partial charge in [-0.25, -0.2) is 0 Å². The van der Waals surface area contributed by atoms with Gasteiger partial charge in [-0.05, 0) is 18.9 Å². The molecule has 0 radical (unpaired) electrons. The zero-order chi connectivity index (χ0) is 10.7. The third kappa shape index (κ3) is 2.09. The van der Waals surface area contributed by atoms with E-state index in [2.05, 4.69) is 10.2 Å². The highest BCUT2D eigenvalue weighted by atomic mass is 16.4. The molecule has 1 aromatic heterocycles. The molecule has 15 heavy (non-hydrogen) atoms. The average molecular weight is 207 g/mol. The molecule has 0 aliphatic carbocycles. The summed E-state index contributed by atoms with van der Waals surface area (Å²) in [4.78, 5) is 2.25. The Bertz CT molecular complexity index is 350. The standard InChI is InChI=1S/C11H17N3O/c1-13-8-9(12)10-4-5-11(15-10)14-6-2-3-7-14/h4-5,8,13H,2-3,6-7,12H2,1H3/b9-8-. The summed E-state index contributed by atoms with van der Waals surface area (Å²) in [5, 5.41) is 2.88. The van der Waals surface area contributed by atoms with Crippen LogP contribution in [0.1, 0.15) is 18.6 Å². The Balaban J connectivity index is 2.12. The van der Waals surface area contributed by atoms with Crippen molar-refractivity contribution in [3.05, 3.63) is 24.1 Å². The number of hydrogen-bond acceptors (Lipinski definition) is 4. The summed E-state index contributed by atoms with van der Waals surface area (Å²) in [6, 6.07) is 3.90. The molecule has 0 spiro atoms. The van der Waals surface area contributed by atoms with Crippen molar-refractivity contribution in [1.82, 2.24) is 5.32 Å². The number of anilines is 1. The summed E-state index contributed by atoms with van der Waals surface area (Å²) in [7, 11) is 1.82. The number of nitrogens with zero attached hydrogens (tertiary/aromatic N) is 1. The molecular formula is C11H17N3O. The zero-order valence-corrected chi connectivity index (χ0v) is 8.99. The van der Waals surface area contributed by atoms with Crippen LogP contribution in [-0.4, -0.2) is 20.1 Å². The Hall–Kier alpha value is -1.58. The van der Waals surface area contributed by atoms with Gasteiger partial charge in [0.05, 0.1) is 5.70 Å². The van der Waals surface area contributed by atoms with Crippen LogP contribution < -0.4 is 16.0 Å². The van der Waals surface area contributed by atoms with Crippen LogP contribution in [0.15, 0.2) is 22.7 Å². The zero-order valence-electron chi connectivity index (χ0n) is 8.99. The quantitative estimate of drug-likeness (QED) is 0.785. The first kappa shape index (κ1) is 9.96. The average Bonchev–Trinajstić information content (AvgIpc) is 2.89. The van der Waals surface area contributed by atoms with Crippen molar-refractivity contribution >= 4 is 11.6 Å². The van der Waals surface area contributed by atoms with E-state index in [4.69, 9.17) is 10.2 Å². The number of hydrogen-bond donors (Lipinski definition) is 2. The first-order chi connectivity index (χ1) is 7.31. The maximum Gasteiger partial charge on any atom is 0.196 e. The van der Waals surface area contributed by atoms with Gasteiger partial charge in [0, 0.05) is 32.4 Å². The third-order valence-corrected chi connectivity index (χ3v) is 2.59. The molecule has 3 N–H and O–H groups in total. The largest absolute Gasteiger partial charge is 0.439 e. The van der Waals surface area contributed by atoms with Gasteiger partial charge in [-0.2, -0.15) is 0 Å². The molecule has 1 aliphatic rings. The minimum absolute atomic E-state index is 0.628. The summed E-state index contributed by atoms with van der Waals surface area (Å²) in [6.07, 6.45) is 4.22. The van der Waals surface area contributed by atoms with E-state index in [-0.39, 0.29) is 0 Å². The first-order valence-corrected chi connectivity index (χ1v) is 5.29. The van der Waals surface area contributed by atoms with Gasteiger partial charge in [0.1, 0.15) is 0 Å². The molecular weight excluding hydrogens is 190 g/mol. The Morgan fingerprint density at radius 2 is 2.20 bits per heavy atom. The summed E-state index contributed by atoms with van der Waals surface area (Å²) in [6.45, 7) is 2.17. The van der Waals surface area contributed by atoms with Crippen LogP contribution in [0.5, 0.6) is 0 Å². The van der Waals surface area contributed by atoms with Crippen molar-refractivity contribution in [3.63, 3.8) is 0 Å². The molecule has 1 fully saturated rings. The number of furan rings is 1. The molecule has 2 rings (SSSR count). The highest BCUT2D eigenvalue weighted by Gasteiger charge is 2.15. The smallest absolute Gasteiger partial charge is 0.196 e. The minimum atomic E-state index is 0.628. The second kappa shape index (κ2) is 4.29. The fourth-order valence-corrected chi connectivity index (χ4v) is 1.82. The predicted molar refractivity (Wildman–Crippen MR) is 61.4 cm³/mol. The Morgan fingerprint density at radius 1 is 1.47 bits per heavy atom. The topological polar surface area (TPSA) is 54.4 Å². The summed E-state index contributed by atoms with van der Waals surface area (Å²) < 4.78 is 5.67. The van der Waals surface area contributed by atoms with Gasteiger partial charge >= 0.3 is 0 Å². The van der Waals surface area contributed by atoms with Crippen LogP contribution in [0.4, 0.5) is 5.88 Å². The summed E-state index contributed by atoms with van der Waals surface area (Å²) in [5.41, 5.74) is 6.43. The van der Waals surface area contributed by atoms with Crippen molar-refractivity contribution < 1.29 is 4.42 Å². The number of rotatable bonds is 3. The minimum Gasteiger partial charge on any atom is -0.439 e. The van der Waals surface area contributed by atoms with Gasteiger partial charge < -0.3 is 20.4 Å². The van der Waals surface area contributed by atoms with E-state index in [1.807, 2.05) is 19.2 Å². The molecule has 2 heterocycles. The molecule has 1 saturated heterocycles. The van der Waals surface area contributed by atoms with Gasteiger partial charge in [-0.1, -0.05) is 0 Å². The van der Waals surface area contributed by atoms with E-state index in [0.717, 1.165) is 24.7 Å². The van der Waals surface area contributed by atoms with Crippen molar-refractivity contribution in [2.45, 2.75) is 12.8 Å². The van der Waals surface area contributed by atoms with Gasteiger partial charge in [0.25, 0.3) is 0 Å². The fraction of sp³-hybridized carbons (Fsp3) is 0.455. The van der Waals surface area contributed by atoms with Crippen LogP contribution in [-0.2, 0) is 0 Å². The van der Waals surface area contributed by atoms with Gasteiger partial charge in [-0.3, -0.25) is 0 Å². The molecule has 4 nitrogen and oxygen atoms in total. The van der Waals surface area contributed by atoms with Crippen molar-refractivity contribution in [3.8, 4) is 0 Å². The highest BCUT2D eigenvalue weighted by Crippen LogP contribution is 2.24. The lowest BCUT2D eigenvalue weighted by Gasteiger charge is -2.12. The van der Waals surface area contributed by atoms with Gasteiger partial charge in [0.15, 0.2) is 11.6 Å². The first-order valence-electron chi connectivity index (χ1n) is 5.29. The summed E-state index contributed by atoms with van der Waals surface area (Å²) in [5.74, 6) is 1.65. The van der Waals surface area contributed by atoms with E-state index in [1.165, 1.54) is 12.8 Å². The summed E-state index contributed by atoms with van der Waals surface area (Å²) >= 11 is 0.